The number of halogens is 3. The summed E-state index contributed by atoms with van der Waals surface area (Å²) in [6.07, 6.45) is -1.31. The summed E-state index contributed by atoms with van der Waals surface area (Å²) < 4.78 is 68.4. The average Bonchev–Trinajstić information content (AvgIpc) is 2.95. The van der Waals surface area contributed by atoms with Crippen LogP contribution in [0.5, 0.6) is 0 Å². The van der Waals surface area contributed by atoms with Gasteiger partial charge in [-0.1, -0.05) is 25.5 Å². The van der Waals surface area contributed by atoms with Crippen LogP contribution in [0.4, 0.5) is 13.2 Å². The van der Waals surface area contributed by atoms with Crippen LogP contribution >= 0.6 is 0 Å². The molecule has 5 nitrogen and oxygen atoms in total. The van der Waals surface area contributed by atoms with Crippen molar-refractivity contribution in [1.82, 2.24) is 9.78 Å². The maximum absolute atomic E-state index is 12.8. The zero-order valence-corrected chi connectivity index (χ0v) is 15.6. The van der Waals surface area contributed by atoms with E-state index in [1.54, 1.807) is 26.0 Å². The second kappa shape index (κ2) is 7.79. The van der Waals surface area contributed by atoms with Crippen molar-refractivity contribution in [2.45, 2.75) is 45.5 Å². The zero-order valence-electron chi connectivity index (χ0n) is 14.8. The number of aromatic nitrogens is 2. The highest BCUT2D eigenvalue weighted by Crippen LogP contribution is 2.30. The minimum absolute atomic E-state index is 0.141. The molecule has 2 rings (SSSR count). The second-order valence-electron chi connectivity index (χ2n) is 6.13. The molecule has 2 aromatic rings. The van der Waals surface area contributed by atoms with Crippen molar-refractivity contribution in [2.75, 3.05) is 6.61 Å². The molecule has 0 amide bonds. The van der Waals surface area contributed by atoms with Gasteiger partial charge in [0, 0.05) is 6.20 Å². The van der Waals surface area contributed by atoms with Gasteiger partial charge in [-0.3, -0.25) is 4.18 Å². The predicted molar refractivity (Wildman–Crippen MR) is 91.5 cm³/mol. The molecule has 1 heterocycles. The van der Waals surface area contributed by atoms with E-state index < -0.39 is 21.9 Å². The van der Waals surface area contributed by atoms with Crippen LogP contribution in [0.25, 0.3) is 5.69 Å². The first-order chi connectivity index (χ1) is 12.0. The van der Waals surface area contributed by atoms with Gasteiger partial charge in [-0.25, -0.2) is 4.68 Å². The van der Waals surface area contributed by atoms with Crippen LogP contribution < -0.4 is 0 Å². The van der Waals surface area contributed by atoms with E-state index >= 15 is 0 Å². The van der Waals surface area contributed by atoms with Crippen molar-refractivity contribution in [2.24, 2.45) is 0 Å². The lowest BCUT2D eigenvalue weighted by Gasteiger charge is -2.13. The van der Waals surface area contributed by atoms with Crippen LogP contribution in [0.2, 0.25) is 0 Å². The van der Waals surface area contributed by atoms with Gasteiger partial charge in [0.15, 0.2) is 0 Å². The predicted octanol–water partition coefficient (Wildman–Crippen LogP) is 4.15. The molecule has 26 heavy (non-hydrogen) atoms. The van der Waals surface area contributed by atoms with Crippen LogP contribution in [0.3, 0.4) is 0 Å². The lowest BCUT2D eigenvalue weighted by molar-refractivity contribution is -0.137. The summed E-state index contributed by atoms with van der Waals surface area (Å²) >= 11 is 0. The maximum Gasteiger partial charge on any atom is 0.419 e. The molecule has 0 aliphatic carbocycles. The Hall–Kier alpha value is -1.87. The Labute approximate surface area is 150 Å². The third-order valence-electron chi connectivity index (χ3n) is 3.79. The molecule has 0 spiro atoms. The molecule has 0 fully saturated rings. The van der Waals surface area contributed by atoms with Crippen LogP contribution in [-0.4, -0.2) is 24.8 Å². The van der Waals surface area contributed by atoms with Crippen molar-refractivity contribution in [3.8, 4) is 5.69 Å². The van der Waals surface area contributed by atoms with E-state index in [4.69, 9.17) is 4.18 Å². The number of hydrogen-bond acceptors (Lipinski definition) is 4. The monoisotopic (exact) mass is 390 g/mol. The topological polar surface area (TPSA) is 61.2 Å². The summed E-state index contributed by atoms with van der Waals surface area (Å²) in [5.41, 5.74) is 1.42. The lowest BCUT2D eigenvalue weighted by Crippen LogP contribution is -2.11. The Balaban J connectivity index is 2.27. The lowest BCUT2D eigenvalue weighted by atomic mass is 10.1. The van der Waals surface area contributed by atoms with Gasteiger partial charge < -0.3 is 0 Å². The molecule has 0 aliphatic rings. The first-order valence-corrected chi connectivity index (χ1v) is 9.70. The molecule has 0 aliphatic heterocycles. The normalized spacial score (nSPS) is 12.5. The molecule has 1 aromatic heterocycles. The molecule has 144 valence electrons. The van der Waals surface area contributed by atoms with Crippen LogP contribution in [0.1, 0.15) is 42.0 Å². The Bertz CT molecular complexity index is 851. The number of benzene rings is 1. The number of hydrogen-bond donors (Lipinski definition) is 0. The van der Waals surface area contributed by atoms with Crippen LogP contribution in [0, 0.1) is 13.8 Å². The highest BCUT2D eigenvalue weighted by Gasteiger charge is 2.32. The fraction of sp³-hybridized carbons (Fsp3) is 0.471. The summed E-state index contributed by atoms with van der Waals surface area (Å²) in [7, 11) is -3.70. The van der Waals surface area contributed by atoms with Crippen molar-refractivity contribution in [3.05, 3.63) is 46.8 Å². The van der Waals surface area contributed by atoms with Crippen LogP contribution in [-0.2, 0) is 26.2 Å². The quantitative estimate of drug-likeness (QED) is 0.526. The second-order valence-corrected chi connectivity index (χ2v) is 7.77. The van der Waals surface area contributed by atoms with Gasteiger partial charge >= 0.3 is 6.18 Å². The summed E-state index contributed by atoms with van der Waals surface area (Å²) in [6.45, 7) is 5.47. The summed E-state index contributed by atoms with van der Waals surface area (Å²) in [4.78, 5) is 0. The molecule has 0 unspecified atom stereocenters. The summed E-state index contributed by atoms with van der Waals surface area (Å²) in [6, 6.07) is 3.25. The minimum Gasteiger partial charge on any atom is -0.270 e. The molecule has 0 bridgehead atoms. The van der Waals surface area contributed by atoms with Crippen molar-refractivity contribution < 1.29 is 25.8 Å². The summed E-state index contributed by atoms with van der Waals surface area (Å²) in [5, 5.41) is 3.78. The highest BCUT2D eigenvalue weighted by atomic mass is 32.2. The number of nitrogens with zero attached hydrogens (tertiary/aromatic N) is 2. The summed E-state index contributed by atoms with van der Waals surface area (Å²) in [5.74, 6) is -0.286. The molecule has 0 saturated heterocycles. The minimum atomic E-state index is -4.47. The largest absolute Gasteiger partial charge is 0.419 e. The van der Waals surface area contributed by atoms with Gasteiger partial charge in [0.25, 0.3) is 10.1 Å². The number of unbranched alkanes of at least 4 members (excludes halogenated alkanes) is 1. The third-order valence-corrected chi connectivity index (χ3v) is 5.01. The van der Waals surface area contributed by atoms with Crippen molar-refractivity contribution >= 4 is 10.1 Å². The highest BCUT2D eigenvalue weighted by molar-refractivity contribution is 7.85. The molecule has 1 aromatic carbocycles. The van der Waals surface area contributed by atoms with Gasteiger partial charge in [-0.05, 0) is 37.0 Å². The van der Waals surface area contributed by atoms with Gasteiger partial charge in [0.05, 0.1) is 24.1 Å². The standard InChI is InChI=1S/C17H21F3N2O3S/c1-4-5-6-25-26(23,24)11-14-7-12(2)16(13(3)8-14)22-10-15(9-21-22)17(18,19)20/h7-10H,4-6,11H2,1-3H3. The van der Waals surface area contributed by atoms with E-state index in [9.17, 15) is 21.6 Å². The van der Waals surface area contributed by atoms with E-state index in [1.165, 1.54) is 0 Å². The van der Waals surface area contributed by atoms with Crippen LogP contribution in [0.15, 0.2) is 24.5 Å². The number of aryl methyl sites for hydroxylation is 2. The van der Waals surface area contributed by atoms with Gasteiger partial charge in [0.2, 0.25) is 0 Å². The van der Waals surface area contributed by atoms with Crippen molar-refractivity contribution in [3.63, 3.8) is 0 Å². The SMILES string of the molecule is CCCCOS(=O)(=O)Cc1cc(C)c(-n2cc(C(F)(F)F)cn2)c(C)c1. The molecule has 0 atom stereocenters. The molecule has 0 N–H and O–H groups in total. The van der Waals surface area contributed by atoms with Gasteiger partial charge in [-0.2, -0.15) is 26.7 Å². The first-order valence-electron chi connectivity index (χ1n) is 8.13. The Morgan fingerprint density at radius 3 is 2.31 bits per heavy atom. The number of alkyl halides is 3. The molecule has 0 radical (unpaired) electrons. The van der Waals surface area contributed by atoms with Gasteiger partial charge in [0.1, 0.15) is 5.75 Å². The zero-order chi connectivity index (χ0) is 19.5. The van der Waals surface area contributed by atoms with Crippen molar-refractivity contribution in [1.29, 1.82) is 0 Å². The van der Waals surface area contributed by atoms with E-state index in [2.05, 4.69) is 5.10 Å². The average molecular weight is 390 g/mol. The molecular weight excluding hydrogens is 369 g/mol. The maximum atomic E-state index is 12.8. The molecule has 9 heteroatoms. The van der Waals surface area contributed by atoms with E-state index in [1.807, 2.05) is 6.92 Å². The Morgan fingerprint density at radius 1 is 1.19 bits per heavy atom. The van der Waals surface area contributed by atoms with E-state index in [0.29, 0.717) is 28.8 Å². The van der Waals surface area contributed by atoms with Gasteiger partial charge in [-0.15, -0.1) is 0 Å². The number of rotatable bonds is 7. The first kappa shape index (κ1) is 20.4. The molecular formula is C17H21F3N2O3S. The Kier molecular flexibility index (Phi) is 6.13. The fourth-order valence-corrected chi connectivity index (χ4v) is 3.69. The smallest absolute Gasteiger partial charge is 0.270 e. The molecule has 0 saturated carbocycles. The fourth-order valence-electron chi connectivity index (χ4n) is 2.66. The third kappa shape index (κ3) is 5.07. The Morgan fingerprint density at radius 2 is 1.81 bits per heavy atom. The van der Waals surface area contributed by atoms with E-state index in [-0.39, 0.29) is 12.4 Å². The van der Waals surface area contributed by atoms with E-state index in [0.717, 1.165) is 23.5 Å².